The van der Waals surface area contributed by atoms with Crippen molar-refractivity contribution in [2.75, 3.05) is 6.54 Å². The molecule has 3 aromatic carbocycles. The highest BCUT2D eigenvalue weighted by molar-refractivity contribution is 5.94. The number of hydrogen-bond donors (Lipinski definition) is 2. The number of aryl methyl sites for hydroxylation is 1. The molecule has 0 radical (unpaired) electrons. The Morgan fingerprint density at radius 2 is 1.70 bits per heavy atom. The predicted molar refractivity (Wildman–Crippen MR) is 118 cm³/mol. The minimum absolute atomic E-state index is 0.0679. The second-order valence-corrected chi connectivity index (χ2v) is 7.21. The van der Waals surface area contributed by atoms with Crippen molar-refractivity contribution in [2.45, 2.75) is 12.8 Å². The van der Waals surface area contributed by atoms with Gasteiger partial charge >= 0.3 is 0 Å². The predicted octanol–water partition coefficient (Wildman–Crippen LogP) is 4.26. The van der Waals surface area contributed by atoms with Gasteiger partial charge in [0, 0.05) is 24.2 Å². The average molecular weight is 395 g/mol. The van der Waals surface area contributed by atoms with Crippen LogP contribution >= 0.6 is 0 Å². The summed E-state index contributed by atoms with van der Waals surface area (Å²) in [5, 5.41) is 2.99. The molecule has 6 nitrogen and oxygen atoms in total. The van der Waals surface area contributed by atoms with Crippen LogP contribution in [0, 0.1) is 0 Å². The maximum absolute atomic E-state index is 12.5. The van der Waals surface area contributed by atoms with Crippen molar-refractivity contribution < 1.29 is 4.79 Å². The van der Waals surface area contributed by atoms with E-state index in [1.807, 2.05) is 77.4 Å². The van der Waals surface area contributed by atoms with Crippen LogP contribution in [0.4, 0.5) is 0 Å². The largest absolute Gasteiger partial charge is 0.352 e. The summed E-state index contributed by atoms with van der Waals surface area (Å²) in [6.45, 7) is 0.601. The highest BCUT2D eigenvalue weighted by Crippen LogP contribution is 2.18. The first kappa shape index (κ1) is 18.1. The minimum atomic E-state index is -0.0679. The number of nitrogens with one attached hydrogen (secondary N) is 2. The highest BCUT2D eigenvalue weighted by atomic mass is 16.1. The van der Waals surface area contributed by atoms with E-state index in [1.54, 1.807) is 6.33 Å². The molecular formula is C24H21N5O. The lowest BCUT2D eigenvalue weighted by atomic mass is 10.2. The van der Waals surface area contributed by atoms with Crippen LogP contribution < -0.4 is 5.32 Å². The van der Waals surface area contributed by atoms with Gasteiger partial charge in [-0.3, -0.25) is 9.36 Å². The van der Waals surface area contributed by atoms with Crippen molar-refractivity contribution in [2.24, 2.45) is 0 Å². The van der Waals surface area contributed by atoms with Gasteiger partial charge in [-0.25, -0.2) is 9.97 Å². The van der Waals surface area contributed by atoms with Gasteiger partial charge in [0.2, 0.25) is 0 Å². The van der Waals surface area contributed by atoms with Crippen molar-refractivity contribution >= 4 is 28.0 Å². The zero-order valence-electron chi connectivity index (χ0n) is 16.4. The van der Waals surface area contributed by atoms with E-state index >= 15 is 0 Å². The van der Waals surface area contributed by atoms with Gasteiger partial charge in [-0.05, 0) is 55.0 Å². The standard InChI is InChI=1S/C24H21N5O/c30-24(25-15-5-10-23-27-19-6-1-2-7-20(19)28-23)17-11-13-18(14-12-17)29-16-26-21-8-3-4-9-22(21)29/h1-4,6-9,11-14,16H,5,10,15H2,(H,25,30)(H,27,28). The number of aromatic amines is 1. The van der Waals surface area contributed by atoms with E-state index in [1.165, 1.54) is 0 Å². The van der Waals surface area contributed by atoms with Crippen molar-refractivity contribution in [1.29, 1.82) is 0 Å². The SMILES string of the molecule is O=C(NCCCc1nc2ccccc2[nH]1)c1ccc(-n2cnc3ccccc32)cc1. The number of amides is 1. The van der Waals surface area contributed by atoms with Crippen molar-refractivity contribution in [3.8, 4) is 5.69 Å². The Morgan fingerprint density at radius 3 is 2.53 bits per heavy atom. The molecule has 0 bridgehead atoms. The second-order valence-electron chi connectivity index (χ2n) is 7.21. The molecule has 0 fully saturated rings. The number of hydrogen-bond acceptors (Lipinski definition) is 3. The molecule has 0 unspecified atom stereocenters. The molecule has 0 atom stereocenters. The molecule has 0 spiro atoms. The van der Waals surface area contributed by atoms with Gasteiger partial charge in [-0.2, -0.15) is 0 Å². The van der Waals surface area contributed by atoms with E-state index < -0.39 is 0 Å². The third-order valence-electron chi connectivity index (χ3n) is 5.18. The molecule has 148 valence electrons. The van der Waals surface area contributed by atoms with Gasteiger partial charge in [0.05, 0.1) is 22.1 Å². The Kier molecular flexibility index (Phi) is 4.73. The number of carbonyl (C=O) groups is 1. The lowest BCUT2D eigenvalue weighted by Gasteiger charge is -2.07. The van der Waals surface area contributed by atoms with Gasteiger partial charge in [0.15, 0.2) is 0 Å². The van der Waals surface area contributed by atoms with Crippen LogP contribution in [0.1, 0.15) is 22.6 Å². The molecule has 1 amide bonds. The Hall–Kier alpha value is -3.93. The van der Waals surface area contributed by atoms with E-state index in [2.05, 4.69) is 20.3 Å². The van der Waals surface area contributed by atoms with Crippen LogP contribution in [0.25, 0.3) is 27.8 Å². The number of benzene rings is 3. The normalized spacial score (nSPS) is 11.2. The smallest absolute Gasteiger partial charge is 0.251 e. The molecule has 0 aliphatic heterocycles. The van der Waals surface area contributed by atoms with Gasteiger partial charge in [-0.1, -0.05) is 24.3 Å². The van der Waals surface area contributed by atoms with Gasteiger partial charge in [0.25, 0.3) is 5.91 Å². The van der Waals surface area contributed by atoms with Gasteiger partial charge < -0.3 is 10.3 Å². The highest BCUT2D eigenvalue weighted by Gasteiger charge is 2.08. The molecule has 0 saturated heterocycles. The number of para-hydroxylation sites is 4. The third-order valence-corrected chi connectivity index (χ3v) is 5.18. The number of H-pyrrole nitrogens is 1. The number of imidazole rings is 2. The Bertz CT molecular complexity index is 1280. The van der Waals surface area contributed by atoms with E-state index in [0.29, 0.717) is 12.1 Å². The number of fused-ring (bicyclic) bond motifs is 2. The van der Waals surface area contributed by atoms with Crippen molar-refractivity contribution in [1.82, 2.24) is 24.8 Å². The Labute approximate surface area is 173 Å². The molecular weight excluding hydrogens is 374 g/mol. The zero-order valence-corrected chi connectivity index (χ0v) is 16.4. The zero-order chi connectivity index (χ0) is 20.3. The van der Waals surface area contributed by atoms with Crippen LogP contribution in [-0.4, -0.2) is 32.0 Å². The summed E-state index contributed by atoms with van der Waals surface area (Å²) in [5.41, 5.74) is 5.63. The summed E-state index contributed by atoms with van der Waals surface area (Å²) >= 11 is 0. The molecule has 0 saturated carbocycles. The molecule has 0 aliphatic carbocycles. The summed E-state index contributed by atoms with van der Waals surface area (Å²) in [4.78, 5) is 24.8. The molecule has 5 aromatic rings. The summed E-state index contributed by atoms with van der Waals surface area (Å²) < 4.78 is 2.02. The van der Waals surface area contributed by atoms with E-state index in [9.17, 15) is 4.79 Å². The molecule has 0 aliphatic rings. The van der Waals surface area contributed by atoms with E-state index in [0.717, 1.165) is 46.4 Å². The van der Waals surface area contributed by atoms with Gasteiger partial charge in [-0.15, -0.1) is 0 Å². The molecule has 2 heterocycles. The summed E-state index contributed by atoms with van der Waals surface area (Å²) in [5.74, 6) is 0.879. The molecule has 2 N–H and O–H groups in total. The van der Waals surface area contributed by atoms with Crippen molar-refractivity contribution in [3.05, 3.63) is 90.5 Å². The molecule has 2 aromatic heterocycles. The lowest BCUT2D eigenvalue weighted by Crippen LogP contribution is -2.24. The first-order valence-corrected chi connectivity index (χ1v) is 10.0. The monoisotopic (exact) mass is 395 g/mol. The van der Waals surface area contributed by atoms with Crippen LogP contribution in [0.5, 0.6) is 0 Å². The fraction of sp³-hybridized carbons (Fsp3) is 0.125. The molecule has 30 heavy (non-hydrogen) atoms. The van der Waals surface area contributed by atoms with Crippen molar-refractivity contribution in [3.63, 3.8) is 0 Å². The molecule has 6 heteroatoms. The summed E-state index contributed by atoms with van der Waals surface area (Å²) in [6, 6.07) is 23.5. The quantitative estimate of drug-likeness (QED) is 0.422. The van der Waals surface area contributed by atoms with E-state index in [4.69, 9.17) is 0 Å². The number of nitrogens with zero attached hydrogens (tertiary/aromatic N) is 3. The topological polar surface area (TPSA) is 75.6 Å². The summed E-state index contributed by atoms with van der Waals surface area (Å²) in [7, 11) is 0. The Balaban J connectivity index is 1.18. The second kappa shape index (κ2) is 7.83. The lowest BCUT2D eigenvalue weighted by molar-refractivity contribution is 0.0953. The average Bonchev–Trinajstić information content (AvgIpc) is 3.40. The van der Waals surface area contributed by atoms with E-state index in [-0.39, 0.29) is 5.91 Å². The van der Waals surface area contributed by atoms with Gasteiger partial charge in [0.1, 0.15) is 12.2 Å². The van der Waals surface area contributed by atoms with Crippen LogP contribution in [0.2, 0.25) is 0 Å². The summed E-state index contributed by atoms with van der Waals surface area (Å²) in [6.07, 6.45) is 3.42. The fourth-order valence-corrected chi connectivity index (χ4v) is 3.62. The number of carbonyl (C=O) groups excluding carboxylic acids is 1. The Morgan fingerprint density at radius 1 is 0.933 bits per heavy atom. The first-order chi connectivity index (χ1) is 14.8. The van der Waals surface area contributed by atoms with Crippen LogP contribution in [0.15, 0.2) is 79.1 Å². The maximum Gasteiger partial charge on any atom is 0.251 e. The molecule has 5 rings (SSSR count). The van der Waals surface area contributed by atoms with Crippen LogP contribution in [0.3, 0.4) is 0 Å². The third kappa shape index (κ3) is 3.55. The number of aromatic nitrogens is 4. The maximum atomic E-state index is 12.5. The fourth-order valence-electron chi connectivity index (χ4n) is 3.62. The first-order valence-electron chi connectivity index (χ1n) is 10.0. The van der Waals surface area contributed by atoms with Crippen LogP contribution in [-0.2, 0) is 6.42 Å². The minimum Gasteiger partial charge on any atom is -0.352 e. The number of rotatable bonds is 6.